The van der Waals surface area contributed by atoms with Gasteiger partial charge in [-0.05, 0) is 35.7 Å². The number of benzene rings is 2. The molecule has 0 saturated carbocycles. The second-order valence-corrected chi connectivity index (χ2v) is 4.49. The first-order chi connectivity index (χ1) is 9.76. The topological polar surface area (TPSA) is 35.5 Å². The average molecular weight is 270 g/mol. The van der Waals surface area contributed by atoms with Crippen molar-refractivity contribution in [3.8, 4) is 11.5 Å². The van der Waals surface area contributed by atoms with Crippen LogP contribution in [-0.4, -0.2) is 13.4 Å². The fourth-order valence-electron chi connectivity index (χ4n) is 1.91. The van der Waals surface area contributed by atoms with Gasteiger partial charge in [0, 0.05) is 5.56 Å². The van der Waals surface area contributed by atoms with Crippen LogP contribution in [-0.2, 0) is 13.0 Å². The Labute approximate surface area is 119 Å². The van der Waals surface area contributed by atoms with E-state index in [0.29, 0.717) is 23.7 Å². The third kappa shape index (κ3) is 3.38. The van der Waals surface area contributed by atoms with Crippen LogP contribution in [0, 0.1) is 0 Å². The highest BCUT2D eigenvalue weighted by Gasteiger charge is 2.06. The van der Waals surface area contributed by atoms with E-state index in [9.17, 15) is 4.79 Å². The van der Waals surface area contributed by atoms with Crippen LogP contribution in [0.5, 0.6) is 11.5 Å². The number of ether oxygens (including phenoxy) is 2. The number of aldehydes is 1. The molecule has 2 aromatic carbocycles. The molecule has 104 valence electrons. The summed E-state index contributed by atoms with van der Waals surface area (Å²) in [4.78, 5) is 10.7. The third-order valence-corrected chi connectivity index (χ3v) is 3.15. The van der Waals surface area contributed by atoms with Crippen LogP contribution in [0.15, 0.2) is 42.5 Å². The molecule has 2 aromatic rings. The smallest absolute Gasteiger partial charge is 0.161 e. The van der Waals surface area contributed by atoms with Gasteiger partial charge in [0.15, 0.2) is 11.5 Å². The lowest BCUT2D eigenvalue weighted by Crippen LogP contribution is -1.98. The highest BCUT2D eigenvalue weighted by molar-refractivity contribution is 5.76. The summed E-state index contributed by atoms with van der Waals surface area (Å²) < 4.78 is 11.0. The van der Waals surface area contributed by atoms with Crippen molar-refractivity contribution >= 4 is 6.29 Å². The van der Waals surface area contributed by atoms with Gasteiger partial charge in [0.05, 0.1) is 7.11 Å². The Morgan fingerprint density at radius 3 is 2.30 bits per heavy atom. The summed E-state index contributed by atoms with van der Waals surface area (Å²) in [5.41, 5.74) is 2.98. The van der Waals surface area contributed by atoms with Gasteiger partial charge in [0.1, 0.15) is 12.9 Å². The van der Waals surface area contributed by atoms with Gasteiger partial charge in [-0.25, -0.2) is 0 Å². The summed E-state index contributed by atoms with van der Waals surface area (Å²) in [6.45, 7) is 2.60. The molecule has 0 aliphatic rings. The van der Waals surface area contributed by atoms with E-state index in [1.165, 1.54) is 5.56 Å². The van der Waals surface area contributed by atoms with E-state index in [2.05, 4.69) is 31.2 Å². The van der Waals surface area contributed by atoms with Crippen molar-refractivity contribution in [2.75, 3.05) is 7.11 Å². The van der Waals surface area contributed by atoms with Gasteiger partial charge < -0.3 is 9.47 Å². The molecule has 0 atom stereocenters. The van der Waals surface area contributed by atoms with E-state index >= 15 is 0 Å². The Bertz CT molecular complexity index is 573. The number of aryl methyl sites for hydroxylation is 1. The molecule has 0 aromatic heterocycles. The van der Waals surface area contributed by atoms with Crippen LogP contribution in [0.2, 0.25) is 0 Å². The maximum absolute atomic E-state index is 10.7. The number of carbonyl (C=O) groups is 1. The summed E-state index contributed by atoms with van der Waals surface area (Å²) in [6.07, 6.45) is 1.82. The number of methoxy groups -OCH3 is 1. The molecule has 0 saturated heterocycles. The maximum atomic E-state index is 10.7. The summed E-state index contributed by atoms with van der Waals surface area (Å²) in [7, 11) is 1.56. The highest BCUT2D eigenvalue weighted by Crippen LogP contribution is 2.28. The van der Waals surface area contributed by atoms with Gasteiger partial charge in [-0.2, -0.15) is 0 Å². The Morgan fingerprint density at radius 2 is 1.70 bits per heavy atom. The summed E-state index contributed by atoms with van der Waals surface area (Å²) >= 11 is 0. The highest BCUT2D eigenvalue weighted by atomic mass is 16.5. The average Bonchev–Trinajstić information content (AvgIpc) is 2.53. The van der Waals surface area contributed by atoms with Crippen LogP contribution in [0.25, 0.3) is 0 Å². The minimum Gasteiger partial charge on any atom is -0.493 e. The Hall–Kier alpha value is -2.29. The number of rotatable bonds is 6. The minimum atomic E-state index is 0.473. The molecule has 0 bridgehead atoms. The Balaban J connectivity index is 2.07. The first-order valence-corrected chi connectivity index (χ1v) is 6.60. The van der Waals surface area contributed by atoms with Gasteiger partial charge >= 0.3 is 0 Å². The molecule has 0 aliphatic carbocycles. The molecule has 20 heavy (non-hydrogen) atoms. The van der Waals surface area contributed by atoms with Gasteiger partial charge in [-0.1, -0.05) is 31.2 Å². The van der Waals surface area contributed by atoms with E-state index in [1.54, 1.807) is 25.3 Å². The largest absolute Gasteiger partial charge is 0.493 e. The lowest BCUT2D eigenvalue weighted by Gasteiger charge is -2.11. The predicted molar refractivity (Wildman–Crippen MR) is 78.5 cm³/mol. The molecule has 0 radical (unpaired) electrons. The lowest BCUT2D eigenvalue weighted by molar-refractivity contribution is 0.112. The number of carbonyl (C=O) groups excluding carboxylic acids is 1. The van der Waals surface area contributed by atoms with E-state index < -0.39 is 0 Å². The van der Waals surface area contributed by atoms with Crippen molar-refractivity contribution in [3.05, 3.63) is 59.2 Å². The van der Waals surface area contributed by atoms with Gasteiger partial charge in [-0.15, -0.1) is 0 Å². The maximum Gasteiger partial charge on any atom is 0.161 e. The quantitative estimate of drug-likeness (QED) is 0.752. The summed E-state index contributed by atoms with van der Waals surface area (Å²) in [5, 5.41) is 0. The van der Waals surface area contributed by atoms with Crippen LogP contribution in [0.1, 0.15) is 28.4 Å². The lowest BCUT2D eigenvalue weighted by atomic mass is 10.1. The molecule has 0 unspecified atom stereocenters. The Kier molecular flexibility index (Phi) is 4.77. The van der Waals surface area contributed by atoms with Crippen molar-refractivity contribution in [3.63, 3.8) is 0 Å². The van der Waals surface area contributed by atoms with Crippen LogP contribution < -0.4 is 9.47 Å². The van der Waals surface area contributed by atoms with Gasteiger partial charge in [0.2, 0.25) is 0 Å². The fraction of sp³-hybridized carbons (Fsp3) is 0.235. The number of hydrogen-bond acceptors (Lipinski definition) is 3. The molecule has 0 aliphatic heterocycles. The molecular weight excluding hydrogens is 252 g/mol. The van der Waals surface area contributed by atoms with Crippen LogP contribution >= 0.6 is 0 Å². The van der Waals surface area contributed by atoms with Crippen LogP contribution in [0.3, 0.4) is 0 Å². The van der Waals surface area contributed by atoms with Crippen molar-refractivity contribution in [1.29, 1.82) is 0 Å². The molecule has 0 fully saturated rings. The normalized spacial score (nSPS) is 10.1. The molecule has 0 amide bonds. The van der Waals surface area contributed by atoms with Crippen molar-refractivity contribution < 1.29 is 14.3 Å². The molecule has 0 N–H and O–H groups in total. The van der Waals surface area contributed by atoms with E-state index in [1.807, 2.05) is 0 Å². The van der Waals surface area contributed by atoms with E-state index in [-0.39, 0.29) is 0 Å². The second-order valence-electron chi connectivity index (χ2n) is 4.49. The van der Waals surface area contributed by atoms with Crippen LogP contribution in [0.4, 0.5) is 0 Å². The SMILES string of the molecule is CCc1ccc(COc2ccc(C=O)cc2OC)cc1. The molecule has 2 rings (SSSR count). The first-order valence-electron chi connectivity index (χ1n) is 6.60. The predicted octanol–water partition coefficient (Wildman–Crippen LogP) is 3.65. The zero-order valence-electron chi connectivity index (χ0n) is 11.8. The monoisotopic (exact) mass is 270 g/mol. The third-order valence-electron chi connectivity index (χ3n) is 3.15. The minimum absolute atomic E-state index is 0.473. The van der Waals surface area contributed by atoms with Gasteiger partial charge in [0.25, 0.3) is 0 Å². The summed E-state index contributed by atoms with van der Waals surface area (Å²) in [6, 6.07) is 13.5. The molecule has 3 heteroatoms. The number of hydrogen-bond donors (Lipinski definition) is 0. The van der Waals surface area contributed by atoms with Crippen molar-refractivity contribution in [2.24, 2.45) is 0 Å². The zero-order chi connectivity index (χ0) is 14.4. The zero-order valence-corrected chi connectivity index (χ0v) is 11.8. The van der Waals surface area contributed by atoms with Crippen molar-refractivity contribution in [2.45, 2.75) is 20.0 Å². The van der Waals surface area contributed by atoms with E-state index in [0.717, 1.165) is 18.3 Å². The molecule has 0 spiro atoms. The van der Waals surface area contributed by atoms with Gasteiger partial charge in [-0.3, -0.25) is 4.79 Å². The van der Waals surface area contributed by atoms with E-state index in [4.69, 9.17) is 9.47 Å². The summed E-state index contributed by atoms with van der Waals surface area (Å²) in [5.74, 6) is 1.21. The Morgan fingerprint density at radius 1 is 1.00 bits per heavy atom. The second kappa shape index (κ2) is 6.75. The fourth-order valence-corrected chi connectivity index (χ4v) is 1.91. The molecule has 0 heterocycles. The first kappa shape index (κ1) is 14.1. The van der Waals surface area contributed by atoms with Crippen molar-refractivity contribution in [1.82, 2.24) is 0 Å². The molecular formula is C17H18O3. The standard InChI is InChI=1S/C17H18O3/c1-3-13-4-6-14(7-5-13)12-20-16-9-8-15(11-18)10-17(16)19-2/h4-11H,3,12H2,1-2H3. The molecule has 3 nitrogen and oxygen atoms in total.